The van der Waals surface area contributed by atoms with Gasteiger partial charge in [0.1, 0.15) is 5.15 Å². The first-order valence-corrected chi connectivity index (χ1v) is 5.60. The van der Waals surface area contributed by atoms with Crippen molar-refractivity contribution in [2.45, 2.75) is 32.4 Å². The van der Waals surface area contributed by atoms with Gasteiger partial charge in [-0.25, -0.2) is 4.98 Å². The molecule has 0 aliphatic heterocycles. The Balaban J connectivity index is 2.23. The molecule has 1 heterocycles. The zero-order chi connectivity index (χ0) is 11.1. The Kier molecular flexibility index (Phi) is 5.61. The molecule has 0 aliphatic carbocycles. The van der Waals surface area contributed by atoms with Gasteiger partial charge in [0.05, 0.1) is 6.10 Å². The molecule has 0 fully saturated rings. The molecule has 0 amide bonds. The molecule has 15 heavy (non-hydrogen) atoms. The molecule has 0 aliphatic rings. The van der Waals surface area contributed by atoms with E-state index < -0.39 is 0 Å². The molecule has 4 heteroatoms. The van der Waals surface area contributed by atoms with E-state index in [1.807, 2.05) is 19.1 Å². The van der Waals surface area contributed by atoms with Crippen LogP contribution in [0.5, 0.6) is 0 Å². The number of hydrogen-bond donors (Lipinski definition) is 2. The molecular weight excluding hydrogens is 212 g/mol. The summed E-state index contributed by atoms with van der Waals surface area (Å²) in [4.78, 5) is 3.99. The average molecular weight is 229 g/mol. The number of nitrogens with one attached hydrogen (secondary N) is 1. The monoisotopic (exact) mass is 228 g/mol. The van der Waals surface area contributed by atoms with Crippen LogP contribution < -0.4 is 5.32 Å². The summed E-state index contributed by atoms with van der Waals surface area (Å²) in [6.07, 6.45) is 3.04. The predicted molar refractivity (Wildman–Crippen MR) is 61.9 cm³/mol. The zero-order valence-corrected chi connectivity index (χ0v) is 9.67. The highest BCUT2D eigenvalue weighted by Gasteiger charge is 2.01. The highest BCUT2D eigenvalue weighted by molar-refractivity contribution is 6.30. The molecule has 0 bridgehead atoms. The zero-order valence-electron chi connectivity index (χ0n) is 8.91. The molecule has 1 aromatic heterocycles. The first kappa shape index (κ1) is 12.4. The van der Waals surface area contributed by atoms with E-state index in [-0.39, 0.29) is 6.10 Å². The van der Waals surface area contributed by atoms with Crippen LogP contribution in [-0.2, 0) is 6.54 Å². The van der Waals surface area contributed by atoms with Crippen LogP contribution in [0.4, 0.5) is 0 Å². The van der Waals surface area contributed by atoms with Gasteiger partial charge in [-0.2, -0.15) is 0 Å². The Morgan fingerprint density at radius 2 is 2.40 bits per heavy atom. The topological polar surface area (TPSA) is 45.1 Å². The van der Waals surface area contributed by atoms with Gasteiger partial charge in [0.25, 0.3) is 0 Å². The summed E-state index contributed by atoms with van der Waals surface area (Å²) >= 11 is 5.89. The number of pyridine rings is 1. The second-order valence-corrected chi connectivity index (χ2v) is 3.84. The molecule has 1 rings (SSSR count). The molecule has 0 spiro atoms. The number of aromatic nitrogens is 1. The molecule has 0 radical (unpaired) electrons. The molecule has 1 aromatic rings. The van der Waals surface area contributed by atoms with Crippen molar-refractivity contribution in [1.82, 2.24) is 10.3 Å². The number of halogens is 1. The highest BCUT2D eigenvalue weighted by Crippen LogP contribution is 2.10. The number of rotatable bonds is 6. The molecule has 3 nitrogen and oxygen atoms in total. The smallest absolute Gasteiger partial charge is 0.133 e. The number of nitrogens with zero attached hydrogens (tertiary/aromatic N) is 1. The van der Waals surface area contributed by atoms with Crippen LogP contribution >= 0.6 is 11.6 Å². The summed E-state index contributed by atoms with van der Waals surface area (Å²) < 4.78 is 0. The van der Waals surface area contributed by atoms with Crippen molar-refractivity contribution in [2.24, 2.45) is 0 Å². The van der Waals surface area contributed by atoms with Crippen molar-refractivity contribution >= 4 is 11.6 Å². The standard InChI is InChI=1S/C11H17ClN2O/c1-2-10(15)5-7-13-8-9-4-3-6-14-11(9)12/h3-4,6,10,13,15H,2,5,7-8H2,1H3. The van der Waals surface area contributed by atoms with Crippen LogP contribution in [0.15, 0.2) is 18.3 Å². The summed E-state index contributed by atoms with van der Waals surface area (Å²) in [6, 6.07) is 3.81. The van der Waals surface area contributed by atoms with Gasteiger partial charge in [-0.05, 0) is 25.5 Å². The second-order valence-electron chi connectivity index (χ2n) is 3.48. The van der Waals surface area contributed by atoms with Crippen LogP contribution in [0.1, 0.15) is 25.3 Å². The van der Waals surface area contributed by atoms with Gasteiger partial charge in [-0.3, -0.25) is 0 Å². The Bertz CT molecular complexity index is 294. The number of hydrogen-bond acceptors (Lipinski definition) is 3. The normalized spacial score (nSPS) is 12.7. The van der Waals surface area contributed by atoms with Crippen LogP contribution in [-0.4, -0.2) is 22.7 Å². The fourth-order valence-electron chi connectivity index (χ4n) is 1.25. The van der Waals surface area contributed by atoms with Gasteiger partial charge in [0.15, 0.2) is 0 Å². The van der Waals surface area contributed by atoms with E-state index in [1.165, 1.54) is 0 Å². The first-order chi connectivity index (χ1) is 7.24. The van der Waals surface area contributed by atoms with Crippen molar-refractivity contribution < 1.29 is 5.11 Å². The van der Waals surface area contributed by atoms with Gasteiger partial charge in [0.2, 0.25) is 0 Å². The minimum atomic E-state index is -0.207. The predicted octanol–water partition coefficient (Wildman–Crippen LogP) is 1.99. The van der Waals surface area contributed by atoms with Gasteiger partial charge < -0.3 is 10.4 Å². The van der Waals surface area contributed by atoms with Gasteiger partial charge >= 0.3 is 0 Å². The lowest BCUT2D eigenvalue weighted by Gasteiger charge is -2.09. The highest BCUT2D eigenvalue weighted by atomic mass is 35.5. The largest absolute Gasteiger partial charge is 0.393 e. The molecule has 0 saturated heterocycles. The lowest BCUT2D eigenvalue weighted by atomic mass is 10.2. The maximum Gasteiger partial charge on any atom is 0.133 e. The number of aliphatic hydroxyl groups is 1. The minimum Gasteiger partial charge on any atom is -0.393 e. The Morgan fingerprint density at radius 3 is 3.07 bits per heavy atom. The van der Waals surface area contributed by atoms with Crippen LogP contribution in [0, 0.1) is 0 Å². The molecule has 0 aromatic carbocycles. The first-order valence-electron chi connectivity index (χ1n) is 5.22. The van der Waals surface area contributed by atoms with E-state index >= 15 is 0 Å². The maximum absolute atomic E-state index is 9.33. The lowest BCUT2D eigenvalue weighted by Crippen LogP contribution is -2.20. The van der Waals surface area contributed by atoms with E-state index in [4.69, 9.17) is 11.6 Å². The molecular formula is C11H17ClN2O. The quantitative estimate of drug-likeness (QED) is 0.578. The molecule has 1 unspecified atom stereocenters. The SMILES string of the molecule is CCC(O)CCNCc1cccnc1Cl. The molecule has 84 valence electrons. The van der Waals surface area contributed by atoms with Crippen molar-refractivity contribution in [3.8, 4) is 0 Å². The van der Waals surface area contributed by atoms with Crippen LogP contribution in [0.25, 0.3) is 0 Å². The van der Waals surface area contributed by atoms with E-state index in [2.05, 4.69) is 10.3 Å². The lowest BCUT2D eigenvalue weighted by molar-refractivity contribution is 0.159. The fourth-order valence-corrected chi connectivity index (χ4v) is 1.43. The average Bonchev–Trinajstić information content (AvgIpc) is 2.26. The van der Waals surface area contributed by atoms with Crippen molar-refractivity contribution in [2.75, 3.05) is 6.54 Å². The molecule has 1 atom stereocenters. The van der Waals surface area contributed by atoms with Crippen molar-refractivity contribution in [1.29, 1.82) is 0 Å². The Hall–Kier alpha value is -0.640. The Morgan fingerprint density at radius 1 is 1.60 bits per heavy atom. The van der Waals surface area contributed by atoms with E-state index in [1.54, 1.807) is 6.20 Å². The molecule has 0 saturated carbocycles. The summed E-state index contributed by atoms with van der Waals surface area (Å²) in [7, 11) is 0. The Labute approximate surface area is 95.5 Å². The second kappa shape index (κ2) is 6.77. The summed E-state index contributed by atoms with van der Waals surface area (Å²) in [6.45, 7) is 3.46. The summed E-state index contributed by atoms with van der Waals surface area (Å²) in [5, 5.41) is 13.1. The van der Waals surface area contributed by atoms with E-state index in [0.717, 1.165) is 24.9 Å². The minimum absolute atomic E-state index is 0.207. The third-order valence-corrected chi connectivity index (χ3v) is 2.62. The number of aliphatic hydroxyl groups excluding tert-OH is 1. The fraction of sp³-hybridized carbons (Fsp3) is 0.545. The van der Waals surface area contributed by atoms with Crippen LogP contribution in [0.2, 0.25) is 5.15 Å². The van der Waals surface area contributed by atoms with Crippen molar-refractivity contribution in [3.63, 3.8) is 0 Å². The molecule has 2 N–H and O–H groups in total. The third-order valence-electron chi connectivity index (χ3n) is 2.28. The third kappa shape index (κ3) is 4.60. The van der Waals surface area contributed by atoms with Gasteiger partial charge in [0, 0.05) is 18.3 Å². The maximum atomic E-state index is 9.33. The van der Waals surface area contributed by atoms with Gasteiger partial charge in [-0.1, -0.05) is 24.6 Å². The van der Waals surface area contributed by atoms with E-state index in [0.29, 0.717) is 11.7 Å². The van der Waals surface area contributed by atoms with Crippen LogP contribution in [0.3, 0.4) is 0 Å². The van der Waals surface area contributed by atoms with Crippen molar-refractivity contribution in [3.05, 3.63) is 29.0 Å². The summed E-state index contributed by atoms with van der Waals surface area (Å²) in [5.41, 5.74) is 0.991. The summed E-state index contributed by atoms with van der Waals surface area (Å²) in [5.74, 6) is 0. The van der Waals surface area contributed by atoms with Gasteiger partial charge in [-0.15, -0.1) is 0 Å². The van der Waals surface area contributed by atoms with E-state index in [9.17, 15) is 5.11 Å².